The number of carbonyl (C=O) groups is 2. The number of rotatable bonds is 10. The maximum atomic E-state index is 13.2. The van der Waals surface area contributed by atoms with Crippen LogP contribution in [-0.4, -0.2) is 48.3 Å². The Labute approximate surface area is 201 Å². The number of esters is 1. The van der Waals surface area contributed by atoms with Gasteiger partial charge in [0.2, 0.25) is 10.0 Å². The lowest BCUT2D eigenvalue weighted by atomic mass is 10.0. The molecule has 9 heteroatoms. The van der Waals surface area contributed by atoms with Crippen molar-refractivity contribution in [1.29, 1.82) is 0 Å². The smallest absolute Gasteiger partial charge is 0.325 e. The van der Waals surface area contributed by atoms with E-state index in [1.807, 2.05) is 26.0 Å². The Morgan fingerprint density at radius 1 is 1.12 bits per heavy atom. The Hall–Kier alpha value is -2.78. The van der Waals surface area contributed by atoms with Crippen LogP contribution in [0.1, 0.15) is 50.7 Å². The third-order valence-corrected chi connectivity index (χ3v) is 7.55. The van der Waals surface area contributed by atoms with Gasteiger partial charge in [-0.1, -0.05) is 50.2 Å². The molecule has 3 rings (SSSR count). The molecule has 2 aromatic rings. The number of sulfonamides is 1. The van der Waals surface area contributed by atoms with Crippen LogP contribution in [0.5, 0.6) is 0 Å². The average molecular weight is 488 g/mol. The Morgan fingerprint density at radius 3 is 2.53 bits per heavy atom. The van der Waals surface area contributed by atoms with Crippen molar-refractivity contribution < 1.29 is 22.7 Å². The van der Waals surface area contributed by atoms with Crippen molar-refractivity contribution in [3.05, 3.63) is 66.0 Å². The number of nitrogens with zero attached hydrogens (tertiary/aromatic N) is 2. The lowest BCUT2D eigenvalue weighted by Gasteiger charge is -2.34. The lowest BCUT2D eigenvalue weighted by Crippen LogP contribution is -2.50. The van der Waals surface area contributed by atoms with Crippen LogP contribution in [0, 0.1) is 5.92 Å². The van der Waals surface area contributed by atoms with Gasteiger partial charge in [0.25, 0.3) is 5.91 Å². The largest absolute Gasteiger partial charge is 0.451 e. The molecule has 1 saturated heterocycles. The van der Waals surface area contributed by atoms with Crippen molar-refractivity contribution in [3.8, 4) is 0 Å². The van der Waals surface area contributed by atoms with Gasteiger partial charge in [0.15, 0.2) is 6.10 Å². The molecule has 8 nitrogen and oxygen atoms in total. The van der Waals surface area contributed by atoms with E-state index in [2.05, 4.69) is 10.3 Å². The van der Waals surface area contributed by atoms with Gasteiger partial charge in [-0.05, 0) is 48.8 Å². The first-order chi connectivity index (χ1) is 16.3. The molecule has 2 atom stereocenters. The molecule has 1 aromatic carbocycles. The number of amides is 1. The predicted molar refractivity (Wildman–Crippen MR) is 129 cm³/mol. The molecule has 0 spiro atoms. The maximum Gasteiger partial charge on any atom is 0.325 e. The zero-order valence-corrected chi connectivity index (χ0v) is 20.5. The third-order valence-electron chi connectivity index (χ3n) is 5.70. The summed E-state index contributed by atoms with van der Waals surface area (Å²) in [5.41, 5.74) is 1.49. The minimum atomic E-state index is -3.73. The number of carbonyl (C=O) groups excluding carboxylic acids is 2. The van der Waals surface area contributed by atoms with E-state index in [1.54, 1.807) is 42.7 Å². The number of ether oxygens (including phenoxy) is 1. The molecule has 1 aliphatic heterocycles. The molecular formula is C25H33N3O5S. The minimum absolute atomic E-state index is 0.103. The van der Waals surface area contributed by atoms with E-state index in [0.29, 0.717) is 24.8 Å². The van der Waals surface area contributed by atoms with Crippen LogP contribution in [0.4, 0.5) is 0 Å². The fourth-order valence-corrected chi connectivity index (χ4v) is 5.77. The molecule has 1 aromatic heterocycles. The predicted octanol–water partition coefficient (Wildman–Crippen LogP) is 3.04. The summed E-state index contributed by atoms with van der Waals surface area (Å²) >= 11 is 0. The molecule has 1 N–H and O–H groups in total. The monoisotopic (exact) mass is 487 g/mol. The molecule has 0 radical (unpaired) electrons. The van der Waals surface area contributed by atoms with E-state index in [9.17, 15) is 18.0 Å². The second-order valence-corrected chi connectivity index (χ2v) is 10.9. The highest BCUT2D eigenvalue weighted by Crippen LogP contribution is 2.25. The molecule has 184 valence electrons. The van der Waals surface area contributed by atoms with Gasteiger partial charge in [0.05, 0.1) is 5.75 Å². The number of piperidine rings is 1. The van der Waals surface area contributed by atoms with Gasteiger partial charge in [0.1, 0.15) is 6.04 Å². The number of pyridine rings is 1. The SMILES string of the molecule is CC(C)C[C@H](OC(=O)[C@@H]1CCCCN1S(=O)(=O)Cc1ccccc1)C(=O)NCc1cccnc1. The number of benzene rings is 1. The third kappa shape index (κ3) is 7.36. The van der Waals surface area contributed by atoms with Crippen LogP contribution >= 0.6 is 0 Å². The van der Waals surface area contributed by atoms with Crippen LogP contribution in [0.25, 0.3) is 0 Å². The summed E-state index contributed by atoms with van der Waals surface area (Å²) in [5.74, 6) is -1.15. The van der Waals surface area contributed by atoms with Crippen LogP contribution in [0.3, 0.4) is 0 Å². The first kappa shape index (κ1) is 25.8. The Morgan fingerprint density at radius 2 is 1.85 bits per heavy atom. The standard InChI is InChI=1S/C25H33N3O5S/c1-19(2)15-23(24(29)27-17-21-11-8-13-26-16-21)33-25(30)22-12-6-7-14-28(22)34(31,32)18-20-9-4-3-5-10-20/h3-5,8-11,13,16,19,22-23H,6-7,12,14-15,17-18H2,1-2H3,(H,27,29)/t22-,23-/m0/s1. The molecule has 0 unspecified atom stereocenters. The van der Waals surface area contributed by atoms with E-state index in [-0.39, 0.29) is 24.8 Å². The summed E-state index contributed by atoms with van der Waals surface area (Å²) in [6, 6.07) is 11.6. The molecule has 34 heavy (non-hydrogen) atoms. The van der Waals surface area contributed by atoms with Crippen LogP contribution in [0.2, 0.25) is 0 Å². The molecule has 0 bridgehead atoms. The van der Waals surface area contributed by atoms with Gasteiger partial charge >= 0.3 is 5.97 Å². The first-order valence-electron chi connectivity index (χ1n) is 11.7. The van der Waals surface area contributed by atoms with E-state index < -0.39 is 34.0 Å². The quantitative estimate of drug-likeness (QED) is 0.517. The number of hydrogen-bond donors (Lipinski definition) is 1. The van der Waals surface area contributed by atoms with Crippen LogP contribution in [0.15, 0.2) is 54.9 Å². The van der Waals surface area contributed by atoms with Gasteiger partial charge in [-0.25, -0.2) is 8.42 Å². The fraction of sp³-hybridized carbons (Fsp3) is 0.480. The number of hydrogen-bond acceptors (Lipinski definition) is 6. The Balaban J connectivity index is 1.69. The minimum Gasteiger partial charge on any atom is -0.451 e. The van der Waals surface area contributed by atoms with E-state index in [4.69, 9.17) is 4.74 Å². The molecular weight excluding hydrogens is 454 g/mol. The second kappa shape index (κ2) is 12.1. The molecule has 2 heterocycles. The zero-order chi connectivity index (χ0) is 24.6. The molecule has 0 aliphatic carbocycles. The lowest BCUT2D eigenvalue weighted by molar-refractivity contribution is -0.161. The fourth-order valence-electron chi connectivity index (χ4n) is 4.00. The highest BCUT2D eigenvalue weighted by molar-refractivity contribution is 7.88. The van der Waals surface area contributed by atoms with Gasteiger partial charge in [-0.15, -0.1) is 0 Å². The topological polar surface area (TPSA) is 106 Å². The summed E-state index contributed by atoms with van der Waals surface area (Å²) in [6.07, 6.45) is 4.42. The van der Waals surface area contributed by atoms with Gasteiger partial charge in [-0.3, -0.25) is 14.6 Å². The van der Waals surface area contributed by atoms with Crippen molar-refractivity contribution in [1.82, 2.24) is 14.6 Å². The van der Waals surface area contributed by atoms with Crippen molar-refractivity contribution in [2.45, 2.75) is 64.0 Å². The zero-order valence-electron chi connectivity index (χ0n) is 19.7. The van der Waals surface area contributed by atoms with Gasteiger partial charge in [-0.2, -0.15) is 4.31 Å². The van der Waals surface area contributed by atoms with Gasteiger partial charge in [0, 0.05) is 25.5 Å². The van der Waals surface area contributed by atoms with E-state index >= 15 is 0 Å². The normalized spacial score (nSPS) is 17.8. The summed E-state index contributed by atoms with van der Waals surface area (Å²) < 4.78 is 33.2. The van der Waals surface area contributed by atoms with Gasteiger partial charge < -0.3 is 10.1 Å². The van der Waals surface area contributed by atoms with E-state index in [1.165, 1.54) is 4.31 Å². The number of nitrogens with one attached hydrogen (secondary N) is 1. The summed E-state index contributed by atoms with van der Waals surface area (Å²) in [7, 11) is -3.73. The molecule has 1 fully saturated rings. The average Bonchev–Trinajstić information content (AvgIpc) is 2.83. The van der Waals surface area contributed by atoms with Crippen molar-refractivity contribution in [2.75, 3.05) is 6.54 Å². The van der Waals surface area contributed by atoms with Crippen LogP contribution < -0.4 is 5.32 Å². The Kier molecular flexibility index (Phi) is 9.18. The van der Waals surface area contributed by atoms with Crippen molar-refractivity contribution >= 4 is 21.9 Å². The van der Waals surface area contributed by atoms with Crippen molar-refractivity contribution in [2.24, 2.45) is 5.92 Å². The van der Waals surface area contributed by atoms with Crippen LogP contribution in [-0.2, 0) is 36.6 Å². The summed E-state index contributed by atoms with van der Waals surface area (Å²) in [6.45, 7) is 4.40. The summed E-state index contributed by atoms with van der Waals surface area (Å²) in [4.78, 5) is 30.0. The van der Waals surface area contributed by atoms with E-state index in [0.717, 1.165) is 12.0 Å². The maximum absolute atomic E-state index is 13.2. The first-order valence-corrected chi connectivity index (χ1v) is 13.3. The highest BCUT2D eigenvalue weighted by Gasteiger charge is 2.39. The highest BCUT2D eigenvalue weighted by atomic mass is 32.2. The molecule has 0 saturated carbocycles. The van der Waals surface area contributed by atoms with Crippen molar-refractivity contribution in [3.63, 3.8) is 0 Å². The summed E-state index contributed by atoms with van der Waals surface area (Å²) in [5, 5.41) is 2.80. The second-order valence-electron chi connectivity index (χ2n) is 9.00. The number of aromatic nitrogens is 1. The molecule has 1 aliphatic rings. The Bertz CT molecular complexity index is 1040. The molecule has 1 amide bonds.